The second-order valence-electron chi connectivity index (χ2n) is 5.28. The zero-order valence-corrected chi connectivity index (χ0v) is 11.6. The second-order valence-corrected chi connectivity index (χ2v) is 5.28. The van der Waals surface area contributed by atoms with Gasteiger partial charge in [-0.2, -0.15) is 0 Å². The molecule has 2 aliphatic heterocycles. The second kappa shape index (κ2) is 6.86. The van der Waals surface area contributed by atoms with E-state index >= 15 is 0 Å². The van der Waals surface area contributed by atoms with Crippen molar-refractivity contribution < 1.29 is 14.3 Å². The van der Waals surface area contributed by atoms with Gasteiger partial charge < -0.3 is 19.9 Å². The van der Waals surface area contributed by atoms with Crippen molar-refractivity contribution in [2.24, 2.45) is 5.92 Å². The molecule has 19 heavy (non-hydrogen) atoms. The molecule has 6 nitrogen and oxygen atoms in total. The summed E-state index contributed by atoms with van der Waals surface area (Å²) in [4.78, 5) is 27.4. The van der Waals surface area contributed by atoms with Gasteiger partial charge in [-0.1, -0.05) is 0 Å². The summed E-state index contributed by atoms with van der Waals surface area (Å²) < 4.78 is 5.30. The van der Waals surface area contributed by atoms with Crippen LogP contribution in [0.2, 0.25) is 0 Å². The van der Waals surface area contributed by atoms with Crippen LogP contribution < -0.4 is 5.32 Å². The smallest absolute Gasteiger partial charge is 0.312 e. The molecule has 0 aromatic carbocycles. The Balaban J connectivity index is 1.81. The van der Waals surface area contributed by atoms with Crippen molar-refractivity contribution >= 4 is 11.8 Å². The van der Waals surface area contributed by atoms with Gasteiger partial charge in [-0.15, -0.1) is 0 Å². The van der Waals surface area contributed by atoms with Crippen molar-refractivity contribution in [3.05, 3.63) is 0 Å². The lowest BCUT2D eigenvalue weighted by Gasteiger charge is -2.30. The molecule has 6 heteroatoms. The summed E-state index contributed by atoms with van der Waals surface area (Å²) in [6.07, 6.45) is 1.94. The van der Waals surface area contributed by atoms with Crippen LogP contribution >= 0.6 is 0 Å². The van der Waals surface area contributed by atoms with Crippen molar-refractivity contribution in [3.8, 4) is 0 Å². The van der Waals surface area contributed by atoms with Crippen LogP contribution in [0.1, 0.15) is 12.8 Å². The highest BCUT2D eigenvalue weighted by Gasteiger charge is 2.27. The predicted octanol–water partition coefficient (Wildman–Crippen LogP) is -0.697. The summed E-state index contributed by atoms with van der Waals surface area (Å²) in [7, 11) is 1.72. The van der Waals surface area contributed by atoms with E-state index in [1.807, 2.05) is 0 Å². The SMILES string of the molecule is CN(CC1CCOCC1)C(=O)C(=O)N1CCNCC1. The molecule has 1 N–H and O–H groups in total. The van der Waals surface area contributed by atoms with Crippen molar-refractivity contribution in [1.82, 2.24) is 15.1 Å². The van der Waals surface area contributed by atoms with Gasteiger partial charge in [-0.25, -0.2) is 0 Å². The first kappa shape index (κ1) is 14.3. The van der Waals surface area contributed by atoms with Crippen LogP contribution in [0.5, 0.6) is 0 Å². The maximum absolute atomic E-state index is 12.1. The zero-order valence-electron chi connectivity index (χ0n) is 11.6. The minimum atomic E-state index is -0.381. The van der Waals surface area contributed by atoms with Crippen LogP contribution in [0.15, 0.2) is 0 Å². The molecule has 2 fully saturated rings. The minimum Gasteiger partial charge on any atom is -0.381 e. The number of amides is 2. The van der Waals surface area contributed by atoms with E-state index < -0.39 is 0 Å². The maximum Gasteiger partial charge on any atom is 0.312 e. The average Bonchev–Trinajstić information content (AvgIpc) is 2.47. The number of carbonyl (C=O) groups excluding carboxylic acids is 2. The van der Waals surface area contributed by atoms with Gasteiger partial charge in [0.15, 0.2) is 0 Å². The highest BCUT2D eigenvalue weighted by Crippen LogP contribution is 2.15. The molecule has 2 aliphatic rings. The molecule has 0 aliphatic carbocycles. The van der Waals surface area contributed by atoms with Gasteiger partial charge in [0.05, 0.1) is 0 Å². The third kappa shape index (κ3) is 3.91. The molecule has 0 spiro atoms. The predicted molar refractivity (Wildman–Crippen MR) is 70.6 cm³/mol. The average molecular weight is 269 g/mol. The number of likely N-dealkylation sites (N-methyl/N-ethyl adjacent to an activating group) is 1. The molecule has 2 saturated heterocycles. The van der Waals surface area contributed by atoms with E-state index in [-0.39, 0.29) is 11.8 Å². The lowest BCUT2D eigenvalue weighted by Crippen LogP contribution is -2.52. The number of nitrogens with zero attached hydrogens (tertiary/aromatic N) is 2. The van der Waals surface area contributed by atoms with Crippen LogP contribution in [0.4, 0.5) is 0 Å². The number of nitrogens with one attached hydrogen (secondary N) is 1. The third-order valence-corrected chi connectivity index (χ3v) is 3.81. The summed E-state index contributed by atoms with van der Waals surface area (Å²) in [5.74, 6) is -0.289. The standard InChI is InChI=1S/C13H23N3O3/c1-15(10-11-2-8-19-9-3-11)12(17)13(18)16-6-4-14-5-7-16/h11,14H,2-10H2,1H3. The van der Waals surface area contributed by atoms with Crippen molar-refractivity contribution in [1.29, 1.82) is 0 Å². The molecule has 0 aromatic heterocycles. The number of hydrogen-bond donors (Lipinski definition) is 1. The number of carbonyl (C=O) groups is 2. The molecular formula is C13H23N3O3. The van der Waals surface area contributed by atoms with Crippen LogP contribution in [0.3, 0.4) is 0 Å². The van der Waals surface area contributed by atoms with Crippen molar-refractivity contribution in [3.63, 3.8) is 0 Å². The number of piperazine rings is 1. The van der Waals surface area contributed by atoms with Gasteiger partial charge >= 0.3 is 11.8 Å². The summed E-state index contributed by atoms with van der Waals surface area (Å²) in [6, 6.07) is 0. The molecule has 0 radical (unpaired) electrons. The van der Waals surface area contributed by atoms with Gasteiger partial charge in [0.25, 0.3) is 0 Å². The summed E-state index contributed by atoms with van der Waals surface area (Å²) in [5, 5.41) is 3.17. The molecule has 0 saturated carbocycles. The van der Waals surface area contributed by atoms with E-state index in [0.717, 1.165) is 39.1 Å². The van der Waals surface area contributed by atoms with E-state index in [2.05, 4.69) is 5.32 Å². The third-order valence-electron chi connectivity index (χ3n) is 3.81. The molecule has 2 heterocycles. The highest BCUT2D eigenvalue weighted by molar-refractivity contribution is 6.34. The lowest BCUT2D eigenvalue weighted by molar-refractivity contribution is -0.151. The summed E-state index contributed by atoms with van der Waals surface area (Å²) in [6.45, 7) is 4.95. The quantitative estimate of drug-likeness (QED) is 0.674. The topological polar surface area (TPSA) is 61.9 Å². The van der Waals surface area contributed by atoms with E-state index in [9.17, 15) is 9.59 Å². The Labute approximate surface area is 114 Å². The minimum absolute atomic E-state index is 0.365. The number of hydrogen-bond acceptors (Lipinski definition) is 4. The van der Waals surface area contributed by atoms with Gasteiger partial charge in [0, 0.05) is 53.0 Å². The van der Waals surface area contributed by atoms with Crippen LogP contribution in [-0.4, -0.2) is 74.6 Å². The molecule has 0 atom stereocenters. The molecule has 2 amide bonds. The Morgan fingerprint density at radius 2 is 1.89 bits per heavy atom. The van der Waals surface area contributed by atoms with Crippen molar-refractivity contribution in [2.75, 3.05) is 53.0 Å². The first-order valence-electron chi connectivity index (χ1n) is 7.01. The highest BCUT2D eigenvalue weighted by atomic mass is 16.5. The Kier molecular flexibility index (Phi) is 5.15. The van der Waals surface area contributed by atoms with Crippen LogP contribution in [0, 0.1) is 5.92 Å². The first-order chi connectivity index (χ1) is 9.18. The lowest BCUT2D eigenvalue weighted by atomic mass is 10.00. The Hall–Kier alpha value is -1.14. The number of rotatable bonds is 2. The van der Waals surface area contributed by atoms with Gasteiger partial charge in [-0.3, -0.25) is 9.59 Å². The monoisotopic (exact) mass is 269 g/mol. The van der Waals surface area contributed by atoms with Gasteiger partial charge in [0.1, 0.15) is 0 Å². The fourth-order valence-corrected chi connectivity index (χ4v) is 2.57. The van der Waals surface area contributed by atoms with E-state index in [0.29, 0.717) is 25.6 Å². The zero-order chi connectivity index (χ0) is 13.7. The van der Waals surface area contributed by atoms with E-state index in [4.69, 9.17) is 4.74 Å². The largest absolute Gasteiger partial charge is 0.381 e. The molecule has 0 bridgehead atoms. The van der Waals surface area contributed by atoms with Crippen molar-refractivity contribution in [2.45, 2.75) is 12.8 Å². The first-order valence-corrected chi connectivity index (χ1v) is 7.01. The molecular weight excluding hydrogens is 246 g/mol. The maximum atomic E-state index is 12.1. The number of ether oxygens (including phenoxy) is 1. The van der Waals surface area contributed by atoms with Crippen LogP contribution in [0.25, 0.3) is 0 Å². The van der Waals surface area contributed by atoms with Gasteiger partial charge in [-0.05, 0) is 18.8 Å². The summed E-state index contributed by atoms with van der Waals surface area (Å²) in [5.41, 5.74) is 0. The summed E-state index contributed by atoms with van der Waals surface area (Å²) >= 11 is 0. The van der Waals surface area contributed by atoms with Gasteiger partial charge in [0.2, 0.25) is 0 Å². The molecule has 0 aromatic rings. The Morgan fingerprint density at radius 3 is 2.53 bits per heavy atom. The van der Waals surface area contributed by atoms with E-state index in [1.165, 1.54) is 0 Å². The van der Waals surface area contributed by atoms with Crippen LogP contribution in [-0.2, 0) is 14.3 Å². The normalized spacial score (nSPS) is 21.2. The molecule has 2 rings (SSSR count). The molecule has 108 valence electrons. The Morgan fingerprint density at radius 1 is 1.26 bits per heavy atom. The Bertz CT molecular complexity index is 323. The fraction of sp³-hybridized carbons (Fsp3) is 0.846. The fourth-order valence-electron chi connectivity index (χ4n) is 2.57. The molecule has 0 unspecified atom stereocenters. The van der Waals surface area contributed by atoms with E-state index in [1.54, 1.807) is 16.8 Å².